The second kappa shape index (κ2) is 6.07. The van der Waals surface area contributed by atoms with E-state index in [9.17, 15) is 8.42 Å². The Balaban J connectivity index is 2.13. The van der Waals surface area contributed by atoms with Crippen molar-refractivity contribution in [2.45, 2.75) is 32.6 Å². The van der Waals surface area contributed by atoms with E-state index < -0.39 is 10.0 Å². The number of sulfonamides is 1. The Bertz CT molecular complexity index is 1000. The number of rotatable bonds is 4. The molecule has 0 aliphatic heterocycles. The molecule has 0 saturated carbocycles. The molecule has 0 aliphatic carbocycles. The number of hydrogen-bond donors (Lipinski definition) is 1. The SMILES string of the molecule is Cc1cc(-c2c(C)sc(C)c2S(=O)(=O)Nc2ccccc2C)on1. The number of aromatic nitrogens is 1. The third-order valence-electron chi connectivity index (χ3n) is 3.74. The zero-order chi connectivity index (χ0) is 17.5. The van der Waals surface area contributed by atoms with Gasteiger partial charge in [-0.15, -0.1) is 11.3 Å². The Hall–Kier alpha value is -2.12. The lowest BCUT2D eigenvalue weighted by atomic mass is 10.2. The van der Waals surface area contributed by atoms with E-state index in [2.05, 4.69) is 9.88 Å². The molecule has 0 atom stereocenters. The lowest BCUT2D eigenvalue weighted by molar-refractivity contribution is 0.426. The first-order valence-electron chi connectivity index (χ1n) is 7.41. The van der Waals surface area contributed by atoms with Crippen LogP contribution in [0.25, 0.3) is 11.3 Å². The summed E-state index contributed by atoms with van der Waals surface area (Å²) in [5, 5.41) is 3.88. The number of anilines is 1. The molecule has 0 aliphatic rings. The molecule has 0 radical (unpaired) electrons. The molecular formula is C17H18N2O3S2. The third-order valence-corrected chi connectivity index (χ3v) is 6.42. The van der Waals surface area contributed by atoms with Crippen LogP contribution in [0.3, 0.4) is 0 Å². The van der Waals surface area contributed by atoms with Crippen LogP contribution in [0.4, 0.5) is 5.69 Å². The van der Waals surface area contributed by atoms with Gasteiger partial charge in [0.25, 0.3) is 10.0 Å². The number of benzene rings is 1. The Labute approximate surface area is 145 Å². The van der Waals surface area contributed by atoms with Gasteiger partial charge in [-0.25, -0.2) is 8.42 Å². The van der Waals surface area contributed by atoms with Gasteiger partial charge in [-0.3, -0.25) is 4.72 Å². The number of hydrogen-bond acceptors (Lipinski definition) is 5. The van der Waals surface area contributed by atoms with Gasteiger partial charge in [-0.2, -0.15) is 0 Å². The molecule has 24 heavy (non-hydrogen) atoms. The van der Waals surface area contributed by atoms with E-state index in [1.807, 2.05) is 26.0 Å². The Kier molecular flexibility index (Phi) is 4.23. The van der Waals surface area contributed by atoms with Crippen LogP contribution in [0.5, 0.6) is 0 Å². The van der Waals surface area contributed by atoms with Crippen LogP contribution in [-0.4, -0.2) is 13.6 Å². The van der Waals surface area contributed by atoms with Crippen molar-refractivity contribution < 1.29 is 12.9 Å². The molecule has 0 amide bonds. The van der Waals surface area contributed by atoms with E-state index in [1.165, 1.54) is 11.3 Å². The topological polar surface area (TPSA) is 72.2 Å². The number of nitrogens with one attached hydrogen (secondary N) is 1. The van der Waals surface area contributed by atoms with Gasteiger partial charge in [0.05, 0.1) is 16.9 Å². The van der Waals surface area contributed by atoms with Gasteiger partial charge in [0.15, 0.2) is 5.76 Å². The Morgan fingerprint density at radius 3 is 2.42 bits per heavy atom. The standard InChI is InChI=1S/C17H18N2O3S2/c1-10-7-5-6-8-14(10)19-24(20,21)17-13(4)23-12(3)16(17)15-9-11(2)18-22-15/h5-9,19H,1-4H3. The number of para-hydroxylation sites is 1. The number of thiophene rings is 1. The van der Waals surface area contributed by atoms with E-state index in [0.29, 0.717) is 22.7 Å². The summed E-state index contributed by atoms with van der Waals surface area (Å²) < 4.78 is 34.1. The minimum Gasteiger partial charge on any atom is -0.356 e. The van der Waals surface area contributed by atoms with Gasteiger partial charge >= 0.3 is 0 Å². The number of aryl methyl sites for hydroxylation is 4. The van der Waals surface area contributed by atoms with Crippen LogP contribution in [-0.2, 0) is 10.0 Å². The Morgan fingerprint density at radius 1 is 1.08 bits per heavy atom. The highest BCUT2D eigenvalue weighted by molar-refractivity contribution is 7.93. The second-order valence-electron chi connectivity index (χ2n) is 5.67. The van der Waals surface area contributed by atoms with Crippen LogP contribution in [0.15, 0.2) is 39.8 Å². The van der Waals surface area contributed by atoms with Gasteiger partial charge in [0, 0.05) is 15.8 Å². The monoisotopic (exact) mass is 362 g/mol. The van der Waals surface area contributed by atoms with Crippen molar-refractivity contribution in [1.82, 2.24) is 5.16 Å². The summed E-state index contributed by atoms with van der Waals surface area (Å²) >= 11 is 1.43. The molecule has 2 aromatic heterocycles. The van der Waals surface area contributed by atoms with Gasteiger partial charge in [-0.05, 0) is 39.3 Å². The minimum atomic E-state index is -3.74. The zero-order valence-corrected chi connectivity index (χ0v) is 15.5. The van der Waals surface area contributed by atoms with Crippen LogP contribution in [0.1, 0.15) is 21.0 Å². The quantitative estimate of drug-likeness (QED) is 0.745. The van der Waals surface area contributed by atoms with Crippen LogP contribution in [0, 0.1) is 27.7 Å². The van der Waals surface area contributed by atoms with Crippen LogP contribution < -0.4 is 4.72 Å². The summed E-state index contributed by atoms with van der Waals surface area (Å²) in [5.41, 5.74) is 2.73. The highest BCUT2D eigenvalue weighted by Gasteiger charge is 2.28. The van der Waals surface area contributed by atoms with E-state index in [4.69, 9.17) is 4.52 Å². The summed E-state index contributed by atoms with van der Waals surface area (Å²) in [6, 6.07) is 9.04. The molecule has 3 aromatic rings. The number of nitrogens with zero attached hydrogens (tertiary/aromatic N) is 1. The molecule has 0 unspecified atom stereocenters. The first kappa shape index (κ1) is 16.7. The maximum Gasteiger partial charge on any atom is 0.263 e. The molecule has 0 saturated heterocycles. The molecule has 7 heteroatoms. The van der Waals surface area contributed by atoms with E-state index in [-0.39, 0.29) is 4.90 Å². The minimum absolute atomic E-state index is 0.254. The van der Waals surface area contributed by atoms with Crippen molar-refractivity contribution in [3.63, 3.8) is 0 Å². The fourth-order valence-corrected chi connectivity index (χ4v) is 5.64. The summed E-state index contributed by atoms with van der Waals surface area (Å²) in [5.74, 6) is 0.472. The maximum atomic E-state index is 13.0. The predicted molar refractivity (Wildman–Crippen MR) is 96.0 cm³/mol. The van der Waals surface area contributed by atoms with Crippen molar-refractivity contribution in [2.24, 2.45) is 0 Å². The molecule has 2 heterocycles. The Morgan fingerprint density at radius 2 is 1.79 bits per heavy atom. The van der Waals surface area contributed by atoms with Crippen molar-refractivity contribution in [1.29, 1.82) is 0 Å². The van der Waals surface area contributed by atoms with Crippen molar-refractivity contribution >= 4 is 27.0 Å². The summed E-state index contributed by atoms with van der Waals surface area (Å²) in [6.07, 6.45) is 0. The normalized spacial score (nSPS) is 11.7. The van der Waals surface area contributed by atoms with E-state index in [0.717, 1.165) is 15.3 Å². The maximum absolute atomic E-state index is 13.0. The average Bonchev–Trinajstić information content (AvgIpc) is 3.04. The van der Waals surface area contributed by atoms with Crippen LogP contribution >= 0.6 is 11.3 Å². The van der Waals surface area contributed by atoms with E-state index >= 15 is 0 Å². The first-order valence-corrected chi connectivity index (χ1v) is 9.71. The van der Waals surface area contributed by atoms with Gasteiger partial charge in [0.1, 0.15) is 4.90 Å². The fraction of sp³-hybridized carbons (Fsp3) is 0.235. The lowest BCUT2D eigenvalue weighted by Crippen LogP contribution is -2.15. The average molecular weight is 362 g/mol. The molecule has 3 rings (SSSR count). The molecule has 5 nitrogen and oxygen atoms in total. The van der Waals surface area contributed by atoms with Crippen LogP contribution in [0.2, 0.25) is 0 Å². The van der Waals surface area contributed by atoms with Crippen molar-refractivity contribution in [3.05, 3.63) is 51.3 Å². The molecular weight excluding hydrogens is 344 g/mol. The van der Waals surface area contributed by atoms with Crippen molar-refractivity contribution in [2.75, 3.05) is 4.72 Å². The molecule has 0 bridgehead atoms. The molecule has 1 aromatic carbocycles. The zero-order valence-electron chi connectivity index (χ0n) is 13.9. The lowest BCUT2D eigenvalue weighted by Gasteiger charge is -2.11. The van der Waals surface area contributed by atoms with Crippen molar-refractivity contribution in [3.8, 4) is 11.3 Å². The largest absolute Gasteiger partial charge is 0.356 e. The highest BCUT2D eigenvalue weighted by atomic mass is 32.2. The smallest absolute Gasteiger partial charge is 0.263 e. The predicted octanol–water partition coefficient (Wildman–Crippen LogP) is 4.44. The highest BCUT2D eigenvalue weighted by Crippen LogP contribution is 2.40. The summed E-state index contributed by atoms with van der Waals surface area (Å²) in [4.78, 5) is 1.86. The molecule has 0 spiro atoms. The molecule has 0 fully saturated rings. The van der Waals surface area contributed by atoms with Gasteiger partial charge < -0.3 is 4.52 Å². The summed E-state index contributed by atoms with van der Waals surface area (Å²) in [7, 11) is -3.74. The van der Waals surface area contributed by atoms with Gasteiger partial charge in [0.2, 0.25) is 0 Å². The molecule has 126 valence electrons. The third kappa shape index (κ3) is 2.97. The molecule has 1 N–H and O–H groups in total. The summed E-state index contributed by atoms with van der Waals surface area (Å²) in [6.45, 7) is 7.36. The van der Waals surface area contributed by atoms with Gasteiger partial charge in [-0.1, -0.05) is 23.4 Å². The fourth-order valence-electron chi connectivity index (χ4n) is 2.64. The van der Waals surface area contributed by atoms with E-state index in [1.54, 1.807) is 32.0 Å². The first-order chi connectivity index (χ1) is 11.3. The second-order valence-corrected chi connectivity index (χ2v) is 8.72.